The minimum atomic E-state index is -4.02. The number of hydrogen-bond acceptors (Lipinski definition) is 7. The molecule has 10 heteroatoms. The Morgan fingerprint density at radius 2 is 1.96 bits per heavy atom. The maximum atomic E-state index is 11.5. The highest BCUT2D eigenvalue weighted by atomic mass is 32.2. The monoisotopic (exact) mass is 411 g/mol. The number of primary sulfonamides is 1. The normalized spacial score (nSPS) is 12.5. The molecule has 0 saturated heterocycles. The van der Waals surface area contributed by atoms with Gasteiger partial charge in [-0.15, -0.1) is 11.8 Å². The quantitative estimate of drug-likeness (QED) is 0.350. The van der Waals surface area contributed by atoms with Crippen LogP contribution >= 0.6 is 11.8 Å². The number of nitrogens with zero attached hydrogens (tertiary/aromatic N) is 1. The van der Waals surface area contributed by atoms with Crippen LogP contribution in [-0.2, 0) is 14.8 Å². The first-order valence-corrected chi connectivity index (χ1v) is 10.6. The SMILES string of the molecule is COCC[C@H](CSc1ccccc1)Nc1ccc(S(N)(=O)=O)cc1[N+](=O)[O-]. The second-order valence-corrected chi connectivity index (χ2v) is 8.38. The van der Waals surface area contributed by atoms with Gasteiger partial charge < -0.3 is 10.1 Å². The van der Waals surface area contributed by atoms with Crippen molar-refractivity contribution in [2.75, 3.05) is 24.8 Å². The minimum absolute atomic E-state index is 0.116. The van der Waals surface area contributed by atoms with E-state index >= 15 is 0 Å². The molecule has 2 aromatic rings. The van der Waals surface area contributed by atoms with Crippen LogP contribution in [0.1, 0.15) is 6.42 Å². The predicted octanol–water partition coefficient (Wildman–Crippen LogP) is 2.85. The fraction of sp³-hybridized carbons (Fsp3) is 0.294. The van der Waals surface area contributed by atoms with E-state index < -0.39 is 14.9 Å². The summed E-state index contributed by atoms with van der Waals surface area (Å²) in [6.45, 7) is 0.482. The number of anilines is 1. The third-order valence-corrected chi connectivity index (χ3v) is 5.80. The van der Waals surface area contributed by atoms with Crippen LogP contribution in [-0.4, -0.2) is 38.9 Å². The molecule has 27 heavy (non-hydrogen) atoms. The van der Waals surface area contributed by atoms with Crippen molar-refractivity contribution in [3.05, 3.63) is 58.6 Å². The first-order valence-electron chi connectivity index (χ1n) is 8.06. The lowest BCUT2D eigenvalue weighted by molar-refractivity contribution is -0.384. The number of nitrogens with one attached hydrogen (secondary N) is 1. The van der Waals surface area contributed by atoms with Crippen LogP contribution in [0.15, 0.2) is 58.3 Å². The highest BCUT2D eigenvalue weighted by molar-refractivity contribution is 7.99. The van der Waals surface area contributed by atoms with Crippen LogP contribution in [0.4, 0.5) is 11.4 Å². The lowest BCUT2D eigenvalue weighted by Gasteiger charge is -2.19. The Bertz CT molecular complexity index is 875. The summed E-state index contributed by atoms with van der Waals surface area (Å²) >= 11 is 1.62. The van der Waals surface area contributed by atoms with Gasteiger partial charge >= 0.3 is 0 Å². The molecule has 0 spiro atoms. The molecule has 3 N–H and O–H groups in total. The van der Waals surface area contributed by atoms with Crippen molar-refractivity contribution >= 4 is 33.2 Å². The molecule has 8 nitrogen and oxygen atoms in total. The van der Waals surface area contributed by atoms with E-state index in [0.29, 0.717) is 18.8 Å². The molecule has 0 unspecified atom stereocenters. The summed E-state index contributed by atoms with van der Waals surface area (Å²) in [7, 11) is -2.43. The standard InChI is InChI=1S/C17H21N3O5S2/c1-25-10-9-13(12-26-14-5-3-2-4-6-14)19-16-8-7-15(27(18,23)24)11-17(16)20(21)22/h2-8,11,13,19H,9-10,12H2,1H3,(H2,18,23,24)/t13-/m1/s1. The summed E-state index contributed by atoms with van der Waals surface area (Å²) in [5.41, 5.74) is -0.101. The fourth-order valence-corrected chi connectivity index (χ4v) is 3.88. The van der Waals surface area contributed by atoms with E-state index in [-0.39, 0.29) is 22.3 Å². The van der Waals surface area contributed by atoms with E-state index in [9.17, 15) is 18.5 Å². The highest BCUT2D eigenvalue weighted by Crippen LogP contribution is 2.29. The lowest BCUT2D eigenvalue weighted by Crippen LogP contribution is -2.24. The van der Waals surface area contributed by atoms with Crippen LogP contribution in [0.25, 0.3) is 0 Å². The largest absolute Gasteiger partial charge is 0.385 e. The number of thioether (sulfide) groups is 1. The van der Waals surface area contributed by atoms with Gasteiger partial charge in [0.2, 0.25) is 10.0 Å². The van der Waals surface area contributed by atoms with Crippen LogP contribution in [0.3, 0.4) is 0 Å². The Kier molecular flexibility index (Phi) is 7.60. The second kappa shape index (κ2) is 9.70. The predicted molar refractivity (Wildman–Crippen MR) is 106 cm³/mol. The maximum Gasteiger partial charge on any atom is 0.293 e. The van der Waals surface area contributed by atoms with Gasteiger partial charge in [-0.1, -0.05) is 18.2 Å². The fourth-order valence-electron chi connectivity index (χ4n) is 2.35. The maximum absolute atomic E-state index is 11.5. The topological polar surface area (TPSA) is 125 Å². The first kappa shape index (κ1) is 21.2. The zero-order valence-corrected chi connectivity index (χ0v) is 16.3. The van der Waals surface area contributed by atoms with E-state index in [0.717, 1.165) is 11.0 Å². The molecule has 0 aliphatic rings. The number of nitrogens with two attached hydrogens (primary N) is 1. The number of nitro benzene ring substituents is 1. The summed E-state index contributed by atoms with van der Waals surface area (Å²) in [5.74, 6) is 0.654. The van der Waals surface area contributed by atoms with E-state index in [2.05, 4.69) is 5.32 Å². The van der Waals surface area contributed by atoms with Crippen molar-refractivity contribution in [1.82, 2.24) is 0 Å². The molecule has 0 saturated carbocycles. The zero-order chi connectivity index (χ0) is 19.9. The molecule has 146 valence electrons. The number of hydrogen-bond donors (Lipinski definition) is 2. The van der Waals surface area contributed by atoms with Crippen molar-refractivity contribution in [2.45, 2.75) is 22.3 Å². The summed E-state index contributed by atoms with van der Waals surface area (Å²) in [6.07, 6.45) is 0.629. The summed E-state index contributed by atoms with van der Waals surface area (Å²) in [4.78, 5) is 11.5. The highest BCUT2D eigenvalue weighted by Gasteiger charge is 2.21. The molecule has 2 rings (SSSR count). The van der Waals surface area contributed by atoms with Crippen molar-refractivity contribution in [3.8, 4) is 0 Å². The van der Waals surface area contributed by atoms with Crippen molar-refractivity contribution in [2.24, 2.45) is 5.14 Å². The molecule has 0 bridgehead atoms. The van der Waals surface area contributed by atoms with E-state index in [1.165, 1.54) is 12.1 Å². The van der Waals surface area contributed by atoms with Crippen LogP contribution in [0, 0.1) is 10.1 Å². The zero-order valence-electron chi connectivity index (χ0n) is 14.7. The summed E-state index contributed by atoms with van der Waals surface area (Å²) in [5, 5.41) is 19.6. The number of sulfonamides is 1. The molecule has 0 fully saturated rings. The van der Waals surface area contributed by atoms with Crippen LogP contribution in [0.5, 0.6) is 0 Å². The molecule has 0 amide bonds. The molecular weight excluding hydrogens is 390 g/mol. The van der Waals surface area contributed by atoms with Crippen molar-refractivity contribution < 1.29 is 18.1 Å². The van der Waals surface area contributed by atoms with Crippen LogP contribution in [0.2, 0.25) is 0 Å². The molecule has 0 heterocycles. The molecule has 2 aromatic carbocycles. The van der Waals surface area contributed by atoms with E-state index in [4.69, 9.17) is 9.88 Å². The first-order chi connectivity index (χ1) is 12.8. The summed E-state index contributed by atoms with van der Waals surface area (Å²) < 4.78 is 28.0. The van der Waals surface area contributed by atoms with Crippen molar-refractivity contribution in [3.63, 3.8) is 0 Å². The number of ether oxygens (including phenoxy) is 1. The smallest absolute Gasteiger partial charge is 0.293 e. The number of methoxy groups -OCH3 is 1. The number of nitro groups is 1. The Morgan fingerprint density at radius 1 is 1.26 bits per heavy atom. The van der Waals surface area contributed by atoms with Gasteiger partial charge in [0.05, 0.1) is 9.82 Å². The molecular formula is C17H21N3O5S2. The molecule has 1 atom stereocenters. The Labute approximate surface area is 162 Å². The average Bonchev–Trinajstić information content (AvgIpc) is 2.64. The van der Waals surface area contributed by atoms with Crippen LogP contribution < -0.4 is 10.5 Å². The Balaban J connectivity index is 2.21. The third-order valence-electron chi connectivity index (χ3n) is 3.72. The van der Waals surface area contributed by atoms with Gasteiger partial charge in [-0.05, 0) is 30.7 Å². The average molecular weight is 412 g/mol. The molecule has 0 radical (unpaired) electrons. The Hall–Kier alpha value is -2.14. The summed E-state index contributed by atoms with van der Waals surface area (Å²) in [6, 6.07) is 13.3. The molecule has 0 aliphatic carbocycles. The van der Waals surface area contributed by atoms with E-state index in [1.807, 2.05) is 30.3 Å². The lowest BCUT2D eigenvalue weighted by atomic mass is 10.2. The third kappa shape index (κ3) is 6.51. The van der Waals surface area contributed by atoms with Gasteiger partial charge in [0.15, 0.2) is 0 Å². The van der Waals surface area contributed by atoms with Crippen molar-refractivity contribution in [1.29, 1.82) is 0 Å². The number of rotatable bonds is 10. The second-order valence-electron chi connectivity index (χ2n) is 5.73. The van der Waals surface area contributed by atoms with Gasteiger partial charge in [-0.2, -0.15) is 0 Å². The van der Waals surface area contributed by atoms with Gasteiger partial charge in [0.1, 0.15) is 5.69 Å². The van der Waals surface area contributed by atoms with Gasteiger partial charge in [0.25, 0.3) is 5.69 Å². The van der Waals surface area contributed by atoms with E-state index in [1.54, 1.807) is 18.9 Å². The number of benzene rings is 2. The van der Waals surface area contributed by atoms with Gasteiger partial charge in [-0.25, -0.2) is 13.6 Å². The van der Waals surface area contributed by atoms with Gasteiger partial charge in [-0.3, -0.25) is 10.1 Å². The Morgan fingerprint density at radius 3 is 2.56 bits per heavy atom. The molecule has 0 aliphatic heterocycles. The van der Waals surface area contributed by atoms with Gasteiger partial charge in [0, 0.05) is 36.5 Å². The molecule has 0 aromatic heterocycles. The minimum Gasteiger partial charge on any atom is -0.385 e.